The van der Waals surface area contributed by atoms with Gasteiger partial charge in [-0.25, -0.2) is 14.8 Å². The third kappa shape index (κ3) is 4.54. The minimum absolute atomic E-state index is 0.291. The summed E-state index contributed by atoms with van der Waals surface area (Å²) in [4.78, 5) is 19.5. The molecule has 0 saturated heterocycles. The van der Waals surface area contributed by atoms with E-state index >= 15 is 0 Å². The van der Waals surface area contributed by atoms with E-state index < -0.39 is 0 Å². The van der Waals surface area contributed by atoms with E-state index in [-0.39, 0.29) is 6.03 Å². The Morgan fingerprint density at radius 2 is 1.71 bits per heavy atom. The zero-order valence-electron chi connectivity index (χ0n) is 12.1. The van der Waals surface area contributed by atoms with Crippen LogP contribution < -0.4 is 16.0 Å². The summed E-state index contributed by atoms with van der Waals surface area (Å²) in [5.41, 5.74) is 2.46. The number of benzene rings is 1. The van der Waals surface area contributed by atoms with Crippen LogP contribution in [0.1, 0.15) is 25.5 Å². The van der Waals surface area contributed by atoms with Crippen molar-refractivity contribution in [3.8, 4) is 0 Å². The van der Waals surface area contributed by atoms with Crippen LogP contribution in [0.5, 0.6) is 0 Å². The third-order valence-electron chi connectivity index (χ3n) is 3.00. The Balaban J connectivity index is 1.92. The molecule has 6 nitrogen and oxygen atoms in total. The molecule has 1 unspecified atom stereocenters. The van der Waals surface area contributed by atoms with Crippen molar-refractivity contribution in [1.29, 1.82) is 0 Å². The summed E-state index contributed by atoms with van der Waals surface area (Å²) in [5.74, 6) is 0. The minimum Gasteiger partial charge on any atom is -0.310 e. The molecule has 2 rings (SSSR count). The lowest BCUT2D eigenvalue weighted by Crippen LogP contribution is -2.20. The summed E-state index contributed by atoms with van der Waals surface area (Å²) in [6, 6.07) is 7.72. The van der Waals surface area contributed by atoms with Crippen molar-refractivity contribution < 1.29 is 4.79 Å². The Kier molecular flexibility index (Phi) is 5.22. The molecule has 1 aromatic heterocycles. The van der Waals surface area contributed by atoms with Gasteiger partial charge in [-0.1, -0.05) is 19.1 Å². The zero-order valence-corrected chi connectivity index (χ0v) is 12.1. The monoisotopic (exact) mass is 285 g/mol. The van der Waals surface area contributed by atoms with Gasteiger partial charge in [-0.15, -0.1) is 0 Å². The Morgan fingerprint density at radius 1 is 1.10 bits per heavy atom. The molecule has 110 valence electrons. The average Bonchev–Trinajstić information content (AvgIpc) is 2.49. The number of anilines is 2. The van der Waals surface area contributed by atoms with E-state index in [4.69, 9.17) is 0 Å². The molecule has 0 aliphatic carbocycles. The average molecular weight is 285 g/mol. The molecule has 6 heteroatoms. The maximum absolute atomic E-state index is 11.8. The van der Waals surface area contributed by atoms with Crippen LogP contribution in [0.25, 0.3) is 0 Å². The summed E-state index contributed by atoms with van der Waals surface area (Å²) < 4.78 is 0. The van der Waals surface area contributed by atoms with E-state index in [1.807, 2.05) is 24.3 Å². The first-order valence-electron chi connectivity index (χ1n) is 6.85. The van der Waals surface area contributed by atoms with Gasteiger partial charge in [0.1, 0.15) is 6.33 Å². The molecule has 0 fully saturated rings. The van der Waals surface area contributed by atoms with Crippen molar-refractivity contribution in [3.63, 3.8) is 0 Å². The molecule has 0 bridgehead atoms. The van der Waals surface area contributed by atoms with Crippen LogP contribution in [-0.2, 0) is 0 Å². The number of hydrogen-bond donors (Lipinski definition) is 3. The Labute approximate surface area is 124 Å². The molecule has 0 aliphatic rings. The number of nitrogens with one attached hydrogen (secondary N) is 3. The largest absolute Gasteiger partial charge is 0.323 e. The number of carbonyl (C=O) groups excluding carboxylic acids is 1. The first kappa shape index (κ1) is 14.9. The standard InChI is InChI=1S/C15H19N5O/c1-3-18-11(2)12-4-6-13(7-5-12)19-15(21)20-14-8-16-10-17-9-14/h4-11,18H,3H2,1-2H3,(H2,19,20,21). The molecule has 21 heavy (non-hydrogen) atoms. The van der Waals surface area contributed by atoms with Gasteiger partial charge in [0, 0.05) is 11.7 Å². The van der Waals surface area contributed by atoms with Crippen LogP contribution in [0.15, 0.2) is 43.0 Å². The van der Waals surface area contributed by atoms with Crippen molar-refractivity contribution >= 4 is 17.4 Å². The summed E-state index contributed by atoms with van der Waals surface area (Å²) in [6.07, 6.45) is 4.48. The minimum atomic E-state index is -0.322. The predicted molar refractivity (Wildman–Crippen MR) is 83.2 cm³/mol. The molecule has 1 heterocycles. The summed E-state index contributed by atoms with van der Waals surface area (Å²) >= 11 is 0. The maximum atomic E-state index is 11.8. The lowest BCUT2D eigenvalue weighted by molar-refractivity contribution is 0.262. The number of carbonyl (C=O) groups is 1. The van der Waals surface area contributed by atoms with E-state index in [1.165, 1.54) is 24.3 Å². The van der Waals surface area contributed by atoms with Gasteiger partial charge in [0.05, 0.1) is 18.1 Å². The smallest absolute Gasteiger partial charge is 0.310 e. The highest BCUT2D eigenvalue weighted by molar-refractivity contribution is 5.99. The highest BCUT2D eigenvalue weighted by Gasteiger charge is 2.05. The third-order valence-corrected chi connectivity index (χ3v) is 3.00. The maximum Gasteiger partial charge on any atom is 0.323 e. The molecule has 2 aromatic rings. The second kappa shape index (κ2) is 7.35. The number of aromatic nitrogens is 2. The Morgan fingerprint density at radius 3 is 2.33 bits per heavy atom. The van der Waals surface area contributed by atoms with E-state index in [0.717, 1.165) is 12.2 Å². The fourth-order valence-electron chi connectivity index (χ4n) is 1.94. The van der Waals surface area contributed by atoms with Crippen LogP contribution in [0, 0.1) is 0 Å². The van der Waals surface area contributed by atoms with Gasteiger partial charge in [0.25, 0.3) is 0 Å². The van der Waals surface area contributed by atoms with Gasteiger partial charge in [-0.05, 0) is 31.2 Å². The van der Waals surface area contributed by atoms with Crippen LogP contribution in [0.2, 0.25) is 0 Å². The van der Waals surface area contributed by atoms with Gasteiger partial charge in [0.2, 0.25) is 0 Å². The van der Waals surface area contributed by atoms with Crippen molar-refractivity contribution in [1.82, 2.24) is 15.3 Å². The molecule has 1 atom stereocenters. The van der Waals surface area contributed by atoms with E-state index in [0.29, 0.717) is 11.7 Å². The highest BCUT2D eigenvalue weighted by Crippen LogP contribution is 2.16. The van der Waals surface area contributed by atoms with Crippen LogP contribution >= 0.6 is 0 Å². The fourth-order valence-corrected chi connectivity index (χ4v) is 1.94. The van der Waals surface area contributed by atoms with Crippen molar-refractivity contribution in [3.05, 3.63) is 48.5 Å². The molecular weight excluding hydrogens is 266 g/mol. The zero-order chi connectivity index (χ0) is 15.1. The van der Waals surface area contributed by atoms with E-state index in [2.05, 4.69) is 39.8 Å². The number of hydrogen-bond acceptors (Lipinski definition) is 4. The highest BCUT2D eigenvalue weighted by atomic mass is 16.2. The molecule has 0 saturated carbocycles. The quantitative estimate of drug-likeness (QED) is 0.789. The summed E-state index contributed by atoms with van der Waals surface area (Å²) in [5, 5.41) is 8.76. The number of nitrogens with zero attached hydrogens (tertiary/aromatic N) is 2. The van der Waals surface area contributed by atoms with Crippen LogP contribution in [0.4, 0.5) is 16.2 Å². The molecule has 0 radical (unpaired) electrons. The Bertz CT molecular complexity index is 570. The normalized spacial score (nSPS) is 11.7. The van der Waals surface area contributed by atoms with Crippen molar-refractivity contribution in [2.24, 2.45) is 0 Å². The summed E-state index contributed by atoms with van der Waals surface area (Å²) in [6.45, 7) is 5.10. The molecule has 2 amide bonds. The predicted octanol–water partition coefficient (Wildman–Crippen LogP) is 2.79. The van der Waals surface area contributed by atoms with Crippen molar-refractivity contribution in [2.75, 3.05) is 17.2 Å². The molecule has 1 aromatic carbocycles. The molecule has 3 N–H and O–H groups in total. The number of amides is 2. The molecule has 0 spiro atoms. The fraction of sp³-hybridized carbons (Fsp3) is 0.267. The molecule has 0 aliphatic heterocycles. The van der Waals surface area contributed by atoms with Crippen molar-refractivity contribution in [2.45, 2.75) is 19.9 Å². The first-order valence-corrected chi connectivity index (χ1v) is 6.85. The van der Waals surface area contributed by atoms with Crippen LogP contribution in [-0.4, -0.2) is 22.5 Å². The topological polar surface area (TPSA) is 78.9 Å². The van der Waals surface area contributed by atoms with Gasteiger partial charge >= 0.3 is 6.03 Å². The van der Waals surface area contributed by atoms with Gasteiger partial charge in [-0.2, -0.15) is 0 Å². The molecular formula is C15H19N5O. The Hall–Kier alpha value is -2.47. The van der Waals surface area contributed by atoms with Gasteiger partial charge in [-0.3, -0.25) is 0 Å². The van der Waals surface area contributed by atoms with E-state index in [1.54, 1.807) is 0 Å². The van der Waals surface area contributed by atoms with Gasteiger partial charge in [0.15, 0.2) is 0 Å². The number of urea groups is 1. The van der Waals surface area contributed by atoms with Crippen LogP contribution in [0.3, 0.4) is 0 Å². The first-order chi connectivity index (χ1) is 10.2. The second-order valence-electron chi connectivity index (χ2n) is 4.61. The SMILES string of the molecule is CCNC(C)c1ccc(NC(=O)Nc2cncnc2)cc1. The lowest BCUT2D eigenvalue weighted by atomic mass is 10.1. The summed E-state index contributed by atoms with van der Waals surface area (Å²) in [7, 11) is 0. The van der Waals surface area contributed by atoms with E-state index in [9.17, 15) is 4.79 Å². The lowest BCUT2D eigenvalue weighted by Gasteiger charge is -2.13. The second-order valence-corrected chi connectivity index (χ2v) is 4.61. The van der Waals surface area contributed by atoms with Gasteiger partial charge < -0.3 is 16.0 Å². The number of rotatable bonds is 5.